The highest BCUT2D eigenvalue weighted by atomic mass is 16.5. The van der Waals surface area contributed by atoms with Crippen LogP contribution in [0.1, 0.15) is 5.56 Å². The van der Waals surface area contributed by atoms with Gasteiger partial charge >= 0.3 is 0 Å². The van der Waals surface area contributed by atoms with Crippen molar-refractivity contribution in [2.24, 2.45) is 7.05 Å². The van der Waals surface area contributed by atoms with E-state index in [9.17, 15) is 4.79 Å². The molecule has 3 aromatic heterocycles. The molecule has 0 radical (unpaired) electrons. The van der Waals surface area contributed by atoms with E-state index in [-0.39, 0.29) is 11.5 Å². The maximum absolute atomic E-state index is 13.1. The maximum Gasteiger partial charge on any atom is 0.261 e. The SMILES string of the molecule is Cc1ccc(OCCN2CCOCC2)cc1Nc1nc(-c2cnc(N)nc2)cc2ccn(C)c(=O)c12. The van der Waals surface area contributed by atoms with Crippen molar-refractivity contribution in [2.75, 3.05) is 50.5 Å². The minimum absolute atomic E-state index is 0.141. The van der Waals surface area contributed by atoms with E-state index in [4.69, 9.17) is 20.2 Å². The Morgan fingerprint density at radius 2 is 1.92 bits per heavy atom. The highest BCUT2D eigenvalue weighted by Gasteiger charge is 2.15. The Labute approximate surface area is 208 Å². The lowest BCUT2D eigenvalue weighted by molar-refractivity contribution is 0.0322. The minimum Gasteiger partial charge on any atom is -0.492 e. The molecule has 0 aliphatic carbocycles. The van der Waals surface area contributed by atoms with Crippen LogP contribution >= 0.6 is 0 Å². The number of morpholine rings is 1. The number of nitrogens with two attached hydrogens (primary N) is 1. The number of rotatable bonds is 7. The second-order valence-corrected chi connectivity index (χ2v) is 8.79. The normalized spacial score (nSPS) is 14.2. The number of fused-ring (bicyclic) bond motifs is 1. The first-order chi connectivity index (χ1) is 17.5. The predicted octanol–water partition coefficient (Wildman–Crippen LogP) is 2.74. The van der Waals surface area contributed by atoms with Gasteiger partial charge in [-0.3, -0.25) is 9.69 Å². The Morgan fingerprint density at radius 1 is 1.14 bits per heavy atom. The molecular weight excluding hydrogens is 458 g/mol. The third-order valence-corrected chi connectivity index (χ3v) is 6.27. The van der Waals surface area contributed by atoms with Crippen LogP contribution in [0.25, 0.3) is 22.0 Å². The topological polar surface area (TPSA) is 120 Å². The number of pyridine rings is 2. The van der Waals surface area contributed by atoms with Crippen molar-refractivity contribution in [3.8, 4) is 17.0 Å². The molecule has 186 valence electrons. The van der Waals surface area contributed by atoms with Crippen molar-refractivity contribution in [1.82, 2.24) is 24.4 Å². The summed E-state index contributed by atoms with van der Waals surface area (Å²) in [6, 6.07) is 9.63. The summed E-state index contributed by atoms with van der Waals surface area (Å²) in [6.07, 6.45) is 4.98. The predicted molar refractivity (Wildman–Crippen MR) is 140 cm³/mol. The molecule has 1 aliphatic rings. The van der Waals surface area contributed by atoms with E-state index in [1.54, 1.807) is 30.2 Å². The van der Waals surface area contributed by atoms with Crippen LogP contribution in [0, 0.1) is 6.92 Å². The largest absolute Gasteiger partial charge is 0.492 e. The second-order valence-electron chi connectivity index (χ2n) is 8.79. The molecular formula is C26H29N7O3. The lowest BCUT2D eigenvalue weighted by atomic mass is 10.1. The molecule has 4 aromatic rings. The molecule has 4 heterocycles. The molecule has 10 nitrogen and oxygen atoms in total. The molecule has 3 N–H and O–H groups in total. The van der Waals surface area contributed by atoms with Crippen LogP contribution in [-0.2, 0) is 11.8 Å². The van der Waals surface area contributed by atoms with E-state index in [2.05, 4.69) is 20.2 Å². The van der Waals surface area contributed by atoms with E-state index < -0.39 is 0 Å². The Balaban J connectivity index is 1.46. The maximum atomic E-state index is 13.1. The van der Waals surface area contributed by atoms with E-state index in [1.165, 1.54) is 0 Å². The van der Waals surface area contributed by atoms with Crippen LogP contribution in [0.4, 0.5) is 17.5 Å². The van der Waals surface area contributed by atoms with Gasteiger partial charge in [0.05, 0.1) is 24.3 Å². The zero-order valence-electron chi connectivity index (χ0n) is 20.4. The molecule has 1 aromatic carbocycles. The monoisotopic (exact) mass is 487 g/mol. The lowest BCUT2D eigenvalue weighted by Crippen LogP contribution is -2.38. The van der Waals surface area contributed by atoms with Gasteiger partial charge in [0.1, 0.15) is 18.2 Å². The number of hydrogen-bond acceptors (Lipinski definition) is 9. The average Bonchev–Trinajstić information content (AvgIpc) is 2.89. The minimum atomic E-state index is -0.141. The molecule has 0 saturated carbocycles. The molecule has 1 fully saturated rings. The van der Waals surface area contributed by atoms with E-state index in [1.807, 2.05) is 37.3 Å². The van der Waals surface area contributed by atoms with E-state index >= 15 is 0 Å². The molecule has 5 rings (SSSR count). The summed E-state index contributed by atoms with van der Waals surface area (Å²) in [4.78, 5) is 28.4. The first-order valence-corrected chi connectivity index (χ1v) is 11.9. The van der Waals surface area contributed by atoms with Crippen molar-refractivity contribution >= 4 is 28.2 Å². The van der Waals surface area contributed by atoms with Gasteiger partial charge in [-0.25, -0.2) is 15.0 Å². The number of aryl methyl sites for hydroxylation is 2. The molecule has 36 heavy (non-hydrogen) atoms. The van der Waals surface area contributed by atoms with Crippen LogP contribution in [0.3, 0.4) is 0 Å². The number of hydrogen-bond donors (Lipinski definition) is 2. The Morgan fingerprint density at radius 3 is 2.69 bits per heavy atom. The molecule has 1 saturated heterocycles. The van der Waals surface area contributed by atoms with Gasteiger partial charge in [0, 0.05) is 62.6 Å². The Hall–Kier alpha value is -4.02. The first kappa shape index (κ1) is 23.7. The molecule has 0 spiro atoms. The molecule has 10 heteroatoms. The summed E-state index contributed by atoms with van der Waals surface area (Å²) >= 11 is 0. The van der Waals surface area contributed by atoms with Gasteiger partial charge in [-0.15, -0.1) is 0 Å². The number of aromatic nitrogens is 4. The van der Waals surface area contributed by atoms with Gasteiger partial charge in [-0.05, 0) is 36.1 Å². The third kappa shape index (κ3) is 5.14. The van der Waals surface area contributed by atoms with Crippen molar-refractivity contribution < 1.29 is 9.47 Å². The summed E-state index contributed by atoms with van der Waals surface area (Å²) in [7, 11) is 1.72. The van der Waals surface area contributed by atoms with Gasteiger partial charge in [0.2, 0.25) is 5.95 Å². The standard InChI is InChI=1S/C26H29N7O3/c1-17-3-4-20(36-12-9-33-7-10-35-11-8-33)14-21(17)30-24-23-18(5-6-32(2)25(23)34)13-22(31-24)19-15-28-26(27)29-16-19/h3-6,13-16H,7-12H2,1-2H3,(H,30,31)(H2,27,28,29). The van der Waals surface area contributed by atoms with Gasteiger partial charge in [0.15, 0.2) is 0 Å². The van der Waals surface area contributed by atoms with Gasteiger partial charge in [0.25, 0.3) is 5.56 Å². The highest BCUT2D eigenvalue weighted by molar-refractivity contribution is 5.95. The molecule has 0 amide bonds. The number of benzene rings is 1. The molecule has 0 atom stereocenters. The smallest absolute Gasteiger partial charge is 0.261 e. The van der Waals surface area contributed by atoms with Gasteiger partial charge in [-0.2, -0.15) is 0 Å². The first-order valence-electron chi connectivity index (χ1n) is 11.9. The molecule has 0 bridgehead atoms. The zero-order valence-corrected chi connectivity index (χ0v) is 20.4. The Bertz CT molecular complexity index is 1430. The van der Waals surface area contributed by atoms with Crippen LogP contribution in [0.5, 0.6) is 5.75 Å². The number of nitrogens with one attached hydrogen (secondary N) is 1. The highest BCUT2D eigenvalue weighted by Crippen LogP contribution is 2.30. The van der Waals surface area contributed by atoms with Crippen molar-refractivity contribution in [1.29, 1.82) is 0 Å². The number of anilines is 3. The fraction of sp³-hybridized carbons (Fsp3) is 0.308. The van der Waals surface area contributed by atoms with E-state index in [0.29, 0.717) is 29.1 Å². The zero-order chi connectivity index (χ0) is 25.1. The molecule has 1 aliphatic heterocycles. The van der Waals surface area contributed by atoms with Crippen LogP contribution in [0.2, 0.25) is 0 Å². The quantitative estimate of drug-likeness (QED) is 0.405. The number of ether oxygens (including phenoxy) is 2. The number of nitrogens with zero attached hydrogens (tertiary/aromatic N) is 5. The molecule has 0 unspecified atom stereocenters. The van der Waals surface area contributed by atoms with Gasteiger partial charge < -0.3 is 25.1 Å². The Kier molecular flexibility index (Phi) is 6.79. The van der Waals surface area contributed by atoms with E-state index in [0.717, 1.165) is 55.2 Å². The number of nitrogen functional groups attached to an aromatic ring is 1. The fourth-order valence-corrected chi connectivity index (χ4v) is 4.14. The van der Waals surface area contributed by atoms with Crippen molar-refractivity contribution in [3.05, 3.63) is 64.8 Å². The average molecular weight is 488 g/mol. The summed E-state index contributed by atoms with van der Waals surface area (Å²) in [5, 5.41) is 4.65. The summed E-state index contributed by atoms with van der Waals surface area (Å²) in [5.74, 6) is 1.39. The van der Waals surface area contributed by atoms with Crippen LogP contribution < -0.4 is 21.3 Å². The van der Waals surface area contributed by atoms with Crippen molar-refractivity contribution in [2.45, 2.75) is 6.92 Å². The summed E-state index contributed by atoms with van der Waals surface area (Å²) < 4.78 is 13.0. The van der Waals surface area contributed by atoms with Crippen LogP contribution in [0.15, 0.2) is 53.7 Å². The fourth-order valence-electron chi connectivity index (χ4n) is 4.14. The van der Waals surface area contributed by atoms with Crippen LogP contribution in [-0.4, -0.2) is 63.9 Å². The lowest BCUT2D eigenvalue weighted by Gasteiger charge is -2.26. The summed E-state index contributed by atoms with van der Waals surface area (Å²) in [5.41, 5.74) is 8.65. The van der Waals surface area contributed by atoms with Gasteiger partial charge in [-0.1, -0.05) is 6.07 Å². The van der Waals surface area contributed by atoms with Crippen molar-refractivity contribution in [3.63, 3.8) is 0 Å². The third-order valence-electron chi connectivity index (χ3n) is 6.27. The second kappa shape index (κ2) is 10.3. The summed E-state index contributed by atoms with van der Waals surface area (Å²) in [6.45, 7) is 6.80.